The van der Waals surface area contributed by atoms with Crippen molar-refractivity contribution in [1.82, 2.24) is 4.90 Å². The second kappa shape index (κ2) is 13.4. The predicted octanol–water partition coefficient (Wildman–Crippen LogP) is 7.36. The Morgan fingerprint density at radius 3 is 2.56 bits per heavy atom. The van der Waals surface area contributed by atoms with E-state index in [0.717, 1.165) is 33.5 Å². The molecule has 0 aliphatic carbocycles. The number of piperidine rings is 1. The summed E-state index contributed by atoms with van der Waals surface area (Å²) in [7, 11) is 1.59. The molecule has 3 aromatic rings. The van der Waals surface area contributed by atoms with Crippen molar-refractivity contribution in [2.45, 2.75) is 32.8 Å². The number of thioether (sulfide) groups is 1. The number of ether oxygens (including phenoxy) is 2. The number of amides is 1. The molecule has 2 saturated heterocycles. The van der Waals surface area contributed by atoms with Crippen LogP contribution in [-0.4, -0.2) is 42.7 Å². The Bertz CT molecular complexity index is 1520. The zero-order valence-electron chi connectivity index (χ0n) is 23.1. The van der Waals surface area contributed by atoms with Gasteiger partial charge in [-0.25, -0.2) is 4.99 Å². The minimum absolute atomic E-state index is 0.0661. The molecule has 7 nitrogen and oxygen atoms in total. The Morgan fingerprint density at radius 2 is 1.85 bits per heavy atom. The molecule has 0 aromatic heterocycles. The Balaban J connectivity index is 1.35. The highest BCUT2D eigenvalue weighted by Gasteiger charge is 2.32. The van der Waals surface area contributed by atoms with E-state index in [4.69, 9.17) is 14.5 Å². The first kappa shape index (κ1) is 29.0. The van der Waals surface area contributed by atoms with Gasteiger partial charge in [-0.15, -0.1) is 0 Å². The van der Waals surface area contributed by atoms with E-state index in [-0.39, 0.29) is 12.5 Å². The Hall–Kier alpha value is -3.49. The lowest BCUT2D eigenvalue weighted by Gasteiger charge is -2.28. The zero-order chi connectivity index (χ0) is 28.8. The van der Waals surface area contributed by atoms with Crippen LogP contribution in [0.1, 0.15) is 42.9 Å². The van der Waals surface area contributed by atoms with Gasteiger partial charge >= 0.3 is 0 Å². The molecule has 5 rings (SSSR count). The summed E-state index contributed by atoms with van der Waals surface area (Å²) in [5, 5.41) is 10.1. The fourth-order valence-corrected chi connectivity index (χ4v) is 6.73. The first-order valence-electron chi connectivity index (χ1n) is 13.6. The number of hydrogen-bond acceptors (Lipinski definition) is 7. The molecule has 2 heterocycles. The lowest BCUT2D eigenvalue weighted by molar-refractivity contribution is -0.122. The molecule has 3 aromatic carbocycles. The van der Waals surface area contributed by atoms with Crippen LogP contribution in [0.2, 0.25) is 0 Å². The van der Waals surface area contributed by atoms with Crippen LogP contribution in [0.5, 0.6) is 11.5 Å². The maximum absolute atomic E-state index is 13.3. The van der Waals surface area contributed by atoms with Gasteiger partial charge in [0.2, 0.25) is 0 Å². The van der Waals surface area contributed by atoms with E-state index < -0.39 is 0 Å². The molecule has 41 heavy (non-hydrogen) atoms. The highest BCUT2D eigenvalue weighted by Crippen LogP contribution is 2.38. The molecule has 1 amide bonds. The molecule has 0 atom stereocenters. The number of nitriles is 1. The van der Waals surface area contributed by atoms with E-state index in [1.807, 2.05) is 55.5 Å². The molecule has 9 heteroatoms. The summed E-state index contributed by atoms with van der Waals surface area (Å²) in [6.07, 6.45) is 5.65. The highest BCUT2D eigenvalue weighted by molar-refractivity contribution is 14.1. The van der Waals surface area contributed by atoms with Crippen molar-refractivity contribution in [1.29, 1.82) is 5.26 Å². The van der Waals surface area contributed by atoms with E-state index in [1.165, 1.54) is 36.7 Å². The van der Waals surface area contributed by atoms with Crippen molar-refractivity contribution in [3.8, 4) is 17.6 Å². The monoisotopic (exact) mass is 678 g/mol. The quantitative estimate of drug-likeness (QED) is 0.183. The van der Waals surface area contributed by atoms with Crippen LogP contribution in [-0.2, 0) is 11.4 Å². The largest absolute Gasteiger partial charge is 0.493 e. The van der Waals surface area contributed by atoms with E-state index in [1.54, 1.807) is 18.1 Å². The van der Waals surface area contributed by atoms with Crippen molar-refractivity contribution in [3.05, 3.63) is 85.8 Å². The summed E-state index contributed by atoms with van der Waals surface area (Å²) >= 11 is 3.59. The third-order valence-electron chi connectivity index (χ3n) is 7.06. The highest BCUT2D eigenvalue weighted by atomic mass is 127. The lowest BCUT2D eigenvalue weighted by atomic mass is 10.1. The molecule has 0 N–H and O–H groups in total. The number of benzene rings is 3. The van der Waals surface area contributed by atoms with Crippen molar-refractivity contribution in [2.24, 2.45) is 4.99 Å². The molecule has 210 valence electrons. The van der Waals surface area contributed by atoms with Gasteiger partial charge in [0.25, 0.3) is 5.91 Å². The fourth-order valence-electron chi connectivity index (χ4n) is 4.89. The number of methoxy groups -OCH3 is 1. The number of hydrogen-bond donors (Lipinski definition) is 0. The van der Waals surface area contributed by atoms with Gasteiger partial charge < -0.3 is 14.4 Å². The number of anilines is 1. The van der Waals surface area contributed by atoms with Gasteiger partial charge in [-0.3, -0.25) is 9.69 Å². The van der Waals surface area contributed by atoms with Crippen LogP contribution in [0, 0.1) is 14.9 Å². The van der Waals surface area contributed by atoms with Crippen molar-refractivity contribution in [3.63, 3.8) is 0 Å². The van der Waals surface area contributed by atoms with Gasteiger partial charge in [-0.2, -0.15) is 5.26 Å². The summed E-state index contributed by atoms with van der Waals surface area (Å²) in [6, 6.07) is 21.7. The first-order valence-corrected chi connectivity index (χ1v) is 15.5. The third kappa shape index (κ3) is 6.71. The van der Waals surface area contributed by atoms with Gasteiger partial charge in [-0.05, 0) is 115 Å². The summed E-state index contributed by atoms with van der Waals surface area (Å²) in [5.74, 6) is 1.09. The average molecular weight is 679 g/mol. The Morgan fingerprint density at radius 1 is 1.10 bits per heavy atom. The van der Waals surface area contributed by atoms with Gasteiger partial charge in [0.1, 0.15) is 6.61 Å². The molecule has 0 saturated carbocycles. The van der Waals surface area contributed by atoms with Gasteiger partial charge in [0.15, 0.2) is 16.7 Å². The summed E-state index contributed by atoms with van der Waals surface area (Å²) in [6.45, 7) is 4.93. The minimum Gasteiger partial charge on any atom is -0.493 e. The summed E-state index contributed by atoms with van der Waals surface area (Å²) < 4.78 is 12.6. The Labute approximate surface area is 259 Å². The average Bonchev–Trinajstić information content (AvgIpc) is 3.30. The van der Waals surface area contributed by atoms with Crippen LogP contribution in [0.3, 0.4) is 0 Å². The minimum atomic E-state index is -0.0661. The normalized spacial score (nSPS) is 17.3. The maximum Gasteiger partial charge on any atom is 0.266 e. The molecule has 0 spiro atoms. The van der Waals surface area contributed by atoms with Crippen molar-refractivity contribution in [2.75, 3.05) is 31.6 Å². The van der Waals surface area contributed by atoms with Gasteiger partial charge in [0, 0.05) is 30.9 Å². The number of carbonyl (C=O) groups excluding carboxylic acids is 1. The number of nitrogens with zero attached hydrogens (tertiary/aromatic N) is 4. The summed E-state index contributed by atoms with van der Waals surface area (Å²) in [4.78, 5) is 22.9. The van der Waals surface area contributed by atoms with Crippen molar-refractivity contribution >= 4 is 62.9 Å². The summed E-state index contributed by atoms with van der Waals surface area (Å²) in [5.41, 5.74) is 4.27. The molecular formula is C32H31IN4O3S. The first-order chi connectivity index (χ1) is 20.0. The van der Waals surface area contributed by atoms with E-state index in [0.29, 0.717) is 33.7 Å². The smallest absolute Gasteiger partial charge is 0.266 e. The van der Waals surface area contributed by atoms with Crippen LogP contribution in [0.4, 0.5) is 11.4 Å². The molecule has 0 bridgehead atoms. The molecule has 2 aliphatic heterocycles. The molecule has 0 radical (unpaired) electrons. The van der Waals surface area contributed by atoms with Crippen LogP contribution in [0.15, 0.2) is 70.6 Å². The second-order valence-corrected chi connectivity index (χ2v) is 11.9. The number of likely N-dealkylation sites (N-methyl/N-ethyl adjacent to an activating group) is 1. The number of carbonyl (C=O) groups is 1. The molecular weight excluding hydrogens is 647 g/mol. The van der Waals surface area contributed by atoms with E-state index in [2.05, 4.69) is 45.7 Å². The standard InChI is InChI=1S/C32H31IN4O3S/c1-3-37-31(38)29(41-32(37)35-25-11-13-26(14-12-25)36-15-7-4-8-16-36)19-22-17-27(33)30(28(18-22)39-2)40-21-24-10-6-5-9-23(24)20-34/h5-6,9-14,17-19H,3-4,7-8,15-16,21H2,1-2H3/b29-19-,35-32?. The molecule has 2 aliphatic rings. The van der Waals surface area contributed by atoms with Gasteiger partial charge in [0.05, 0.1) is 32.9 Å². The van der Waals surface area contributed by atoms with Crippen LogP contribution in [0.25, 0.3) is 6.08 Å². The lowest BCUT2D eigenvalue weighted by Crippen LogP contribution is -2.29. The topological polar surface area (TPSA) is 78.2 Å². The number of halogens is 1. The van der Waals surface area contributed by atoms with E-state index in [9.17, 15) is 10.1 Å². The Kier molecular flexibility index (Phi) is 9.52. The second-order valence-electron chi connectivity index (χ2n) is 9.71. The van der Waals surface area contributed by atoms with Crippen molar-refractivity contribution < 1.29 is 14.3 Å². The predicted molar refractivity (Wildman–Crippen MR) is 174 cm³/mol. The molecule has 2 fully saturated rings. The molecule has 0 unspecified atom stereocenters. The number of amidine groups is 1. The third-order valence-corrected chi connectivity index (χ3v) is 8.87. The van der Waals surface area contributed by atoms with E-state index >= 15 is 0 Å². The zero-order valence-corrected chi connectivity index (χ0v) is 26.1. The maximum atomic E-state index is 13.3. The number of rotatable bonds is 8. The van der Waals surface area contributed by atoms with Gasteiger partial charge in [-0.1, -0.05) is 18.2 Å². The fraction of sp³-hybridized carbons (Fsp3) is 0.281. The van der Waals surface area contributed by atoms with Crippen LogP contribution < -0.4 is 14.4 Å². The number of aliphatic imine (C=N–C) groups is 1. The SMILES string of the molecule is CCN1C(=O)/C(=C/c2cc(I)c(OCc3ccccc3C#N)c(OC)c2)SC1=Nc1ccc(N2CCCCC2)cc1. The van der Waals surface area contributed by atoms with Crippen LogP contribution >= 0.6 is 34.4 Å².